The molecule has 0 bridgehead atoms. The van der Waals surface area contributed by atoms with Crippen LogP contribution in [0.2, 0.25) is 10.0 Å². The van der Waals surface area contributed by atoms with E-state index >= 15 is 0 Å². The van der Waals surface area contributed by atoms with Gasteiger partial charge in [-0.25, -0.2) is 0 Å². The van der Waals surface area contributed by atoms with Gasteiger partial charge in [0.2, 0.25) is 5.91 Å². The predicted octanol–water partition coefficient (Wildman–Crippen LogP) is 5.80. The highest BCUT2D eigenvalue weighted by molar-refractivity contribution is 6.37. The van der Waals surface area contributed by atoms with Crippen LogP contribution < -0.4 is 5.32 Å². The van der Waals surface area contributed by atoms with Gasteiger partial charge in [0.15, 0.2) is 0 Å². The summed E-state index contributed by atoms with van der Waals surface area (Å²) in [6.45, 7) is 0. The molecule has 0 atom stereocenters. The van der Waals surface area contributed by atoms with Gasteiger partial charge in [-0.2, -0.15) is 0 Å². The Labute approximate surface area is 144 Å². The van der Waals surface area contributed by atoms with Crippen LogP contribution in [0.5, 0.6) is 0 Å². The van der Waals surface area contributed by atoms with Crippen molar-refractivity contribution in [2.75, 3.05) is 5.32 Å². The molecule has 1 amide bonds. The lowest BCUT2D eigenvalue weighted by Crippen LogP contribution is -2.08. The van der Waals surface area contributed by atoms with Gasteiger partial charge < -0.3 is 5.32 Å². The van der Waals surface area contributed by atoms with Gasteiger partial charge in [-0.1, -0.05) is 65.7 Å². The zero-order valence-electron chi connectivity index (χ0n) is 12.1. The number of hydrogen-bond donors (Lipinski definition) is 1. The summed E-state index contributed by atoms with van der Waals surface area (Å²) in [6, 6.07) is 18.9. The number of anilines is 1. The van der Waals surface area contributed by atoms with E-state index in [9.17, 15) is 4.79 Å². The lowest BCUT2D eigenvalue weighted by Gasteiger charge is -2.07. The number of amides is 1. The second kappa shape index (κ2) is 6.86. The average molecular weight is 342 g/mol. The molecular weight excluding hydrogens is 329 g/mol. The van der Waals surface area contributed by atoms with Crippen LogP contribution in [0.25, 0.3) is 16.8 Å². The molecule has 4 heteroatoms. The van der Waals surface area contributed by atoms with Gasteiger partial charge in [-0.3, -0.25) is 4.79 Å². The molecule has 0 saturated carbocycles. The molecule has 0 aliphatic heterocycles. The molecule has 114 valence electrons. The van der Waals surface area contributed by atoms with Crippen molar-refractivity contribution in [1.29, 1.82) is 0 Å². The molecule has 0 fully saturated rings. The number of carbonyl (C=O) groups excluding carboxylic acids is 1. The fourth-order valence-electron chi connectivity index (χ4n) is 2.34. The summed E-state index contributed by atoms with van der Waals surface area (Å²) in [5, 5.41) is 5.96. The maximum Gasteiger partial charge on any atom is 0.248 e. The third-order valence-electron chi connectivity index (χ3n) is 3.45. The zero-order valence-corrected chi connectivity index (χ0v) is 13.6. The van der Waals surface area contributed by atoms with Crippen LogP contribution >= 0.6 is 23.2 Å². The van der Waals surface area contributed by atoms with E-state index in [-0.39, 0.29) is 5.91 Å². The van der Waals surface area contributed by atoms with Crippen molar-refractivity contribution < 1.29 is 4.79 Å². The van der Waals surface area contributed by atoms with Gasteiger partial charge in [-0.05, 0) is 29.7 Å². The van der Waals surface area contributed by atoms with Gasteiger partial charge >= 0.3 is 0 Å². The first kappa shape index (κ1) is 15.6. The summed E-state index contributed by atoms with van der Waals surface area (Å²) >= 11 is 12.2. The summed E-state index contributed by atoms with van der Waals surface area (Å²) in [4.78, 5) is 12.2. The highest BCUT2D eigenvalue weighted by Crippen LogP contribution is 2.26. The topological polar surface area (TPSA) is 29.1 Å². The number of halogens is 2. The van der Waals surface area contributed by atoms with Crippen molar-refractivity contribution >= 4 is 51.6 Å². The third kappa shape index (κ3) is 3.55. The van der Waals surface area contributed by atoms with Crippen molar-refractivity contribution in [3.8, 4) is 0 Å². The Morgan fingerprint density at radius 1 is 0.870 bits per heavy atom. The highest BCUT2D eigenvalue weighted by Gasteiger charge is 2.05. The minimum Gasteiger partial charge on any atom is -0.322 e. The second-order valence-electron chi connectivity index (χ2n) is 4.98. The first-order chi connectivity index (χ1) is 11.1. The normalized spacial score (nSPS) is 11.0. The zero-order chi connectivity index (χ0) is 16.2. The van der Waals surface area contributed by atoms with Crippen LogP contribution in [0.4, 0.5) is 5.69 Å². The third-order valence-corrected chi connectivity index (χ3v) is 4.11. The lowest BCUT2D eigenvalue weighted by atomic mass is 10.1. The Bertz CT molecular complexity index is 877. The largest absolute Gasteiger partial charge is 0.322 e. The quantitative estimate of drug-likeness (QED) is 0.599. The molecule has 0 aromatic heterocycles. The van der Waals surface area contributed by atoms with Crippen molar-refractivity contribution in [3.63, 3.8) is 0 Å². The van der Waals surface area contributed by atoms with E-state index in [0.29, 0.717) is 15.6 Å². The minimum atomic E-state index is -0.239. The van der Waals surface area contributed by atoms with Crippen LogP contribution in [0.3, 0.4) is 0 Å². The minimum absolute atomic E-state index is 0.239. The molecular formula is C19H13Cl2NO. The Morgan fingerprint density at radius 2 is 1.52 bits per heavy atom. The van der Waals surface area contributed by atoms with Gasteiger partial charge in [-0.15, -0.1) is 0 Å². The molecule has 0 aliphatic rings. The Morgan fingerprint density at radius 3 is 2.30 bits per heavy atom. The lowest BCUT2D eigenvalue weighted by molar-refractivity contribution is -0.111. The standard InChI is InChI=1S/C19H13Cl2NO/c20-16-8-4-9-17(21)15(16)11-12-19(23)22-18-10-3-6-13-5-1-2-7-14(13)18/h1-12H,(H,22,23). The van der Waals surface area contributed by atoms with Crippen molar-refractivity contribution in [2.45, 2.75) is 0 Å². The molecule has 0 heterocycles. The molecule has 3 aromatic rings. The number of fused-ring (bicyclic) bond motifs is 1. The molecule has 23 heavy (non-hydrogen) atoms. The van der Waals surface area contributed by atoms with E-state index < -0.39 is 0 Å². The number of benzene rings is 3. The van der Waals surface area contributed by atoms with Crippen LogP contribution in [-0.4, -0.2) is 5.91 Å². The maximum atomic E-state index is 12.2. The van der Waals surface area contributed by atoms with Crippen LogP contribution in [0, 0.1) is 0 Å². The SMILES string of the molecule is O=C(C=Cc1c(Cl)cccc1Cl)Nc1cccc2ccccc12. The molecule has 0 aliphatic carbocycles. The predicted molar refractivity (Wildman–Crippen MR) is 98.1 cm³/mol. The van der Waals surface area contributed by atoms with Gasteiger partial charge in [0.25, 0.3) is 0 Å². The van der Waals surface area contributed by atoms with Crippen LogP contribution in [0.15, 0.2) is 66.7 Å². The van der Waals surface area contributed by atoms with Crippen molar-refractivity contribution in [2.24, 2.45) is 0 Å². The maximum absolute atomic E-state index is 12.2. The Balaban J connectivity index is 1.83. The number of carbonyl (C=O) groups is 1. The first-order valence-electron chi connectivity index (χ1n) is 7.06. The molecule has 3 rings (SSSR count). The van der Waals surface area contributed by atoms with Gasteiger partial charge in [0, 0.05) is 32.8 Å². The van der Waals surface area contributed by atoms with E-state index in [4.69, 9.17) is 23.2 Å². The summed E-state index contributed by atoms with van der Waals surface area (Å²) in [5.41, 5.74) is 1.40. The molecule has 1 N–H and O–H groups in total. The van der Waals surface area contributed by atoms with Gasteiger partial charge in [0.05, 0.1) is 0 Å². The highest BCUT2D eigenvalue weighted by atomic mass is 35.5. The molecule has 3 aromatic carbocycles. The van der Waals surface area contributed by atoms with Crippen molar-refractivity contribution in [3.05, 3.63) is 82.3 Å². The number of rotatable bonds is 3. The van der Waals surface area contributed by atoms with E-state index in [1.165, 1.54) is 6.08 Å². The second-order valence-corrected chi connectivity index (χ2v) is 5.80. The van der Waals surface area contributed by atoms with E-state index in [1.54, 1.807) is 24.3 Å². The molecule has 0 radical (unpaired) electrons. The molecule has 2 nitrogen and oxygen atoms in total. The summed E-state index contributed by atoms with van der Waals surface area (Å²) in [7, 11) is 0. The van der Waals surface area contributed by atoms with Gasteiger partial charge in [0.1, 0.15) is 0 Å². The molecule has 0 spiro atoms. The van der Waals surface area contributed by atoms with Crippen molar-refractivity contribution in [1.82, 2.24) is 0 Å². The molecule has 0 saturated heterocycles. The first-order valence-corrected chi connectivity index (χ1v) is 7.81. The Hall–Kier alpha value is -2.29. The van der Waals surface area contributed by atoms with E-state index in [1.807, 2.05) is 42.5 Å². The van der Waals surface area contributed by atoms with Crippen LogP contribution in [0.1, 0.15) is 5.56 Å². The summed E-state index contributed by atoms with van der Waals surface area (Å²) in [6.07, 6.45) is 3.04. The smallest absolute Gasteiger partial charge is 0.248 e. The average Bonchev–Trinajstić information content (AvgIpc) is 2.55. The Kier molecular flexibility index (Phi) is 4.65. The summed E-state index contributed by atoms with van der Waals surface area (Å²) < 4.78 is 0. The fourth-order valence-corrected chi connectivity index (χ4v) is 2.86. The monoisotopic (exact) mass is 341 g/mol. The number of nitrogens with one attached hydrogen (secondary N) is 1. The molecule has 0 unspecified atom stereocenters. The van der Waals surface area contributed by atoms with E-state index in [2.05, 4.69) is 5.32 Å². The number of hydrogen-bond acceptors (Lipinski definition) is 1. The summed E-state index contributed by atoms with van der Waals surface area (Å²) in [5.74, 6) is -0.239. The fraction of sp³-hybridized carbons (Fsp3) is 0. The van der Waals surface area contributed by atoms with E-state index in [0.717, 1.165) is 16.5 Å². The van der Waals surface area contributed by atoms with Crippen LogP contribution in [-0.2, 0) is 4.79 Å².